The first kappa shape index (κ1) is 39.0. The van der Waals surface area contributed by atoms with Crippen LogP contribution >= 0.6 is 0 Å². The summed E-state index contributed by atoms with van der Waals surface area (Å²) in [6, 6.07) is 24.6. The number of ether oxygens (including phenoxy) is 1. The zero-order valence-electron chi connectivity index (χ0n) is 32.2. The van der Waals surface area contributed by atoms with Crippen LogP contribution in [0.4, 0.5) is 21.2 Å². The van der Waals surface area contributed by atoms with E-state index in [4.69, 9.17) is 4.74 Å². The molecule has 1 unspecified atom stereocenters. The number of nitrogens with zero attached hydrogens (tertiary/aromatic N) is 5. The van der Waals surface area contributed by atoms with Gasteiger partial charge in [0, 0.05) is 47.7 Å². The number of hydrogen-bond donors (Lipinski definition) is 1. The molecule has 1 spiro atoms. The standard InChI is InChI=1S/C43H52FN5O4Si/c1-30(2)14-13-15-31(3)22-25-48-39-21-20-35(49(29-51)34-18-11-8-12-19-34)26-37(39)43(42(48)52)32(4)41(54(5,6)44)40(53-43)23-24-47-27-38(45-46-47)36(28-50)33-16-9-7-10-17-33/h7-12,14,16-22,26-27,29,32,36,40-41,50H,13,15,23-25,28H2,1-6H3/b31-22+/t32-,36?,40+,41-,43+/m1/s1. The van der Waals surface area contributed by atoms with Crippen LogP contribution in [-0.2, 0) is 26.5 Å². The van der Waals surface area contributed by atoms with Crippen LogP contribution < -0.4 is 9.80 Å². The second kappa shape index (κ2) is 16.3. The molecular formula is C43H52FN5O4Si. The van der Waals surface area contributed by atoms with Crippen LogP contribution in [0.1, 0.15) is 69.7 Å². The molecule has 1 fully saturated rings. The maximum Gasteiger partial charge on any atom is 0.264 e. The Morgan fingerprint density at radius 1 is 1.04 bits per heavy atom. The third kappa shape index (κ3) is 7.76. The quantitative estimate of drug-likeness (QED) is 0.0566. The molecule has 1 saturated heterocycles. The number of carbonyl (C=O) groups is 2. The van der Waals surface area contributed by atoms with Crippen molar-refractivity contribution >= 4 is 37.8 Å². The van der Waals surface area contributed by atoms with Gasteiger partial charge in [0.25, 0.3) is 5.91 Å². The number of halogens is 1. The summed E-state index contributed by atoms with van der Waals surface area (Å²) in [4.78, 5) is 30.9. The van der Waals surface area contributed by atoms with Crippen molar-refractivity contribution < 1.29 is 23.5 Å². The first-order valence-electron chi connectivity index (χ1n) is 18.9. The minimum Gasteiger partial charge on any atom is -0.395 e. The molecule has 6 rings (SSSR count). The van der Waals surface area contributed by atoms with Crippen LogP contribution in [0.5, 0.6) is 0 Å². The second-order valence-corrected chi connectivity index (χ2v) is 19.2. The highest BCUT2D eigenvalue weighted by Crippen LogP contribution is 2.60. The van der Waals surface area contributed by atoms with Gasteiger partial charge in [-0.2, -0.15) is 0 Å². The van der Waals surface area contributed by atoms with Gasteiger partial charge in [-0.05, 0) is 89.0 Å². The second-order valence-electron chi connectivity index (χ2n) is 15.4. The average molecular weight is 750 g/mol. The summed E-state index contributed by atoms with van der Waals surface area (Å²) in [5.74, 6) is -1.03. The van der Waals surface area contributed by atoms with Crippen LogP contribution in [0.3, 0.4) is 0 Å². The van der Waals surface area contributed by atoms with Gasteiger partial charge in [0.1, 0.15) is 0 Å². The molecule has 11 heteroatoms. The Labute approximate surface area is 319 Å². The first-order chi connectivity index (χ1) is 25.9. The van der Waals surface area contributed by atoms with E-state index in [1.807, 2.05) is 92.0 Å². The molecule has 5 atom stereocenters. The van der Waals surface area contributed by atoms with Crippen LogP contribution in [0, 0.1) is 5.92 Å². The van der Waals surface area contributed by atoms with E-state index in [1.54, 1.807) is 27.6 Å². The lowest BCUT2D eigenvalue weighted by Crippen LogP contribution is -2.45. The van der Waals surface area contributed by atoms with E-state index >= 15 is 4.11 Å². The third-order valence-corrected chi connectivity index (χ3v) is 13.5. The minimum absolute atomic E-state index is 0.117. The highest BCUT2D eigenvalue weighted by Gasteiger charge is 2.66. The fraction of sp³-hybridized carbons (Fsp3) is 0.395. The number of anilines is 3. The van der Waals surface area contributed by atoms with Crippen molar-refractivity contribution in [3.8, 4) is 0 Å². The Balaban J connectivity index is 1.35. The van der Waals surface area contributed by atoms with E-state index in [1.165, 1.54) is 11.1 Å². The number of aliphatic hydroxyl groups is 1. The molecule has 3 heterocycles. The zero-order chi connectivity index (χ0) is 38.6. The maximum atomic E-state index is 16.6. The average Bonchev–Trinajstić information content (AvgIpc) is 3.81. The molecule has 54 heavy (non-hydrogen) atoms. The number of hydrogen-bond acceptors (Lipinski definition) is 6. The van der Waals surface area contributed by atoms with Crippen molar-refractivity contribution in [2.75, 3.05) is 23.0 Å². The van der Waals surface area contributed by atoms with Crippen molar-refractivity contribution in [2.45, 2.75) is 89.8 Å². The Kier molecular flexibility index (Phi) is 11.8. The maximum absolute atomic E-state index is 16.6. The normalized spacial score (nSPS) is 21.7. The summed E-state index contributed by atoms with van der Waals surface area (Å²) in [6.45, 7) is 12.2. The molecule has 9 nitrogen and oxygen atoms in total. The van der Waals surface area contributed by atoms with Gasteiger partial charge in [-0.25, -0.2) is 0 Å². The van der Waals surface area contributed by atoms with Crippen LogP contribution in [0.15, 0.2) is 108 Å². The molecule has 0 bridgehead atoms. The van der Waals surface area contributed by atoms with Crippen molar-refractivity contribution in [2.24, 2.45) is 5.92 Å². The fourth-order valence-electron chi connectivity index (χ4n) is 8.33. The number of benzene rings is 3. The third-order valence-electron chi connectivity index (χ3n) is 11.0. The number of fused-ring (bicyclic) bond motifs is 2. The summed E-state index contributed by atoms with van der Waals surface area (Å²) in [7, 11) is -3.43. The van der Waals surface area contributed by atoms with Gasteiger partial charge in [-0.15, -0.1) is 5.10 Å². The predicted octanol–water partition coefficient (Wildman–Crippen LogP) is 8.60. The number of aliphatic hydroxyl groups excluding tert-OH is 1. The van der Waals surface area contributed by atoms with Crippen LogP contribution in [-0.4, -0.2) is 60.1 Å². The van der Waals surface area contributed by atoms with E-state index in [-0.39, 0.29) is 18.4 Å². The predicted molar refractivity (Wildman–Crippen MR) is 214 cm³/mol. The van der Waals surface area contributed by atoms with E-state index in [0.717, 1.165) is 24.8 Å². The first-order valence-corrected chi connectivity index (χ1v) is 21.8. The lowest BCUT2D eigenvalue weighted by atomic mass is 9.82. The number of carbonyl (C=O) groups excluding carboxylic acids is 2. The summed E-state index contributed by atoms with van der Waals surface area (Å²) >= 11 is 0. The van der Waals surface area contributed by atoms with Crippen molar-refractivity contribution in [1.82, 2.24) is 15.0 Å². The van der Waals surface area contributed by atoms with Gasteiger partial charge >= 0.3 is 0 Å². The largest absolute Gasteiger partial charge is 0.395 e. The Hall–Kier alpha value is -4.71. The van der Waals surface area contributed by atoms with Gasteiger partial charge in [0.05, 0.1) is 30.0 Å². The molecule has 2 amide bonds. The van der Waals surface area contributed by atoms with Gasteiger partial charge in [0.15, 0.2) is 5.60 Å². The number of allylic oxidation sites excluding steroid dienone is 3. The summed E-state index contributed by atoms with van der Waals surface area (Å²) in [5.41, 5.74) is 4.71. The Bertz CT molecular complexity index is 1990. The number of rotatable bonds is 15. The monoisotopic (exact) mass is 749 g/mol. The van der Waals surface area contributed by atoms with Gasteiger partial charge < -0.3 is 18.9 Å². The summed E-state index contributed by atoms with van der Waals surface area (Å²) in [5, 5.41) is 18.9. The Morgan fingerprint density at radius 3 is 2.39 bits per heavy atom. The van der Waals surface area contributed by atoms with E-state index in [2.05, 4.69) is 43.2 Å². The van der Waals surface area contributed by atoms with E-state index in [9.17, 15) is 14.7 Å². The fourth-order valence-corrected chi connectivity index (χ4v) is 10.9. The molecule has 0 saturated carbocycles. The minimum atomic E-state index is -3.43. The SMILES string of the molecule is CC(C)=CCC/C(C)=C/CN1C(=O)[C@@]2(O[C@@H](CCn3cc(C(CO)c4ccccc4)nn3)[C@H]([Si](C)(C)F)[C@H]2C)c2cc(N(C=O)c3ccccc3)ccc21. The van der Waals surface area contributed by atoms with E-state index < -0.39 is 31.6 Å². The van der Waals surface area contributed by atoms with Crippen LogP contribution in [0.25, 0.3) is 0 Å². The number of aryl methyl sites for hydroxylation is 1. The highest BCUT2D eigenvalue weighted by molar-refractivity contribution is 6.72. The molecule has 1 aromatic heterocycles. The van der Waals surface area contributed by atoms with Crippen molar-refractivity contribution in [3.05, 3.63) is 125 Å². The lowest BCUT2D eigenvalue weighted by Gasteiger charge is -2.31. The van der Waals surface area contributed by atoms with Crippen LogP contribution in [0.2, 0.25) is 18.6 Å². The molecule has 0 radical (unpaired) electrons. The zero-order valence-corrected chi connectivity index (χ0v) is 33.2. The molecule has 0 aliphatic carbocycles. The van der Waals surface area contributed by atoms with Crippen molar-refractivity contribution in [1.29, 1.82) is 0 Å². The molecular weight excluding hydrogens is 698 g/mol. The summed E-state index contributed by atoms with van der Waals surface area (Å²) < 4.78 is 25.4. The molecule has 1 N–H and O–H groups in total. The van der Waals surface area contributed by atoms with Gasteiger partial charge in [0.2, 0.25) is 14.8 Å². The number of aromatic nitrogens is 3. The Morgan fingerprint density at radius 2 is 1.74 bits per heavy atom. The van der Waals surface area contributed by atoms with Gasteiger partial charge in [-0.1, -0.05) is 84.0 Å². The highest BCUT2D eigenvalue weighted by atomic mass is 28.4. The molecule has 2 aliphatic heterocycles. The van der Waals surface area contributed by atoms with Gasteiger partial charge in [-0.3, -0.25) is 19.2 Å². The molecule has 4 aromatic rings. The smallest absolute Gasteiger partial charge is 0.264 e. The number of para-hydroxylation sites is 1. The van der Waals surface area contributed by atoms with E-state index in [0.29, 0.717) is 47.8 Å². The topological polar surface area (TPSA) is 101 Å². The molecule has 284 valence electrons. The van der Waals surface area contributed by atoms with Crippen molar-refractivity contribution in [3.63, 3.8) is 0 Å². The molecule has 3 aromatic carbocycles. The molecule has 2 aliphatic rings. The lowest BCUT2D eigenvalue weighted by molar-refractivity contribution is -0.145. The number of amides is 2. The summed E-state index contributed by atoms with van der Waals surface area (Å²) in [6.07, 6.45) is 8.51.